The minimum atomic E-state index is 0.569. The molecular formula is C8H5IN2O. The van der Waals surface area contributed by atoms with Crippen LogP contribution in [0.5, 0.6) is 5.75 Å². The zero-order valence-electron chi connectivity index (χ0n) is 6.07. The van der Waals surface area contributed by atoms with Crippen molar-refractivity contribution in [2.75, 3.05) is 0 Å². The number of hydrogen-bond donors (Lipinski definition) is 0. The SMILES string of the molecule is Ic1ccccc1OC1=CN=N1. The van der Waals surface area contributed by atoms with Gasteiger partial charge in [-0.2, -0.15) is 0 Å². The van der Waals surface area contributed by atoms with Gasteiger partial charge in [0.05, 0.1) is 3.57 Å². The molecule has 12 heavy (non-hydrogen) atoms. The van der Waals surface area contributed by atoms with Crippen molar-refractivity contribution in [3.8, 4) is 5.75 Å². The number of ether oxygens (including phenoxy) is 1. The van der Waals surface area contributed by atoms with Crippen LogP contribution in [-0.2, 0) is 0 Å². The van der Waals surface area contributed by atoms with Crippen LogP contribution >= 0.6 is 22.6 Å². The summed E-state index contributed by atoms with van der Waals surface area (Å²) >= 11 is 2.21. The van der Waals surface area contributed by atoms with Gasteiger partial charge in [-0.05, 0) is 34.7 Å². The number of hydrogen-bond acceptors (Lipinski definition) is 3. The van der Waals surface area contributed by atoms with Crippen molar-refractivity contribution in [1.82, 2.24) is 0 Å². The molecule has 1 aromatic carbocycles. The summed E-state index contributed by atoms with van der Waals surface area (Å²) in [5.74, 6) is 1.39. The van der Waals surface area contributed by atoms with Crippen LogP contribution in [0.15, 0.2) is 46.6 Å². The number of halogens is 1. The number of rotatable bonds is 2. The van der Waals surface area contributed by atoms with Crippen molar-refractivity contribution in [1.29, 1.82) is 0 Å². The molecule has 0 unspecified atom stereocenters. The second-order valence-corrected chi connectivity index (χ2v) is 3.38. The van der Waals surface area contributed by atoms with Crippen LogP contribution in [0.4, 0.5) is 0 Å². The van der Waals surface area contributed by atoms with Crippen LogP contribution in [0.25, 0.3) is 0 Å². The highest BCUT2D eigenvalue weighted by atomic mass is 127. The molecular weight excluding hydrogens is 267 g/mol. The zero-order chi connectivity index (χ0) is 8.39. The quantitative estimate of drug-likeness (QED) is 0.762. The number of benzene rings is 1. The van der Waals surface area contributed by atoms with Gasteiger partial charge in [0.25, 0.3) is 5.88 Å². The van der Waals surface area contributed by atoms with E-state index >= 15 is 0 Å². The highest BCUT2D eigenvalue weighted by molar-refractivity contribution is 14.1. The summed E-state index contributed by atoms with van der Waals surface area (Å²) in [6.07, 6.45) is 1.59. The molecule has 1 aliphatic rings. The predicted molar refractivity (Wildman–Crippen MR) is 52.7 cm³/mol. The standard InChI is InChI=1S/C8H5IN2O/c9-6-3-1-2-4-7(6)12-8-5-10-11-8/h1-5H. The van der Waals surface area contributed by atoms with Gasteiger partial charge in [-0.15, -0.1) is 10.2 Å². The summed E-state index contributed by atoms with van der Waals surface area (Å²) in [6.45, 7) is 0. The van der Waals surface area contributed by atoms with E-state index in [1.807, 2.05) is 24.3 Å². The third-order valence-corrected chi connectivity index (χ3v) is 2.27. The Morgan fingerprint density at radius 1 is 1.25 bits per heavy atom. The van der Waals surface area contributed by atoms with Gasteiger partial charge in [0.1, 0.15) is 11.9 Å². The van der Waals surface area contributed by atoms with Crippen LogP contribution in [0.2, 0.25) is 0 Å². The summed E-state index contributed by atoms with van der Waals surface area (Å²) < 4.78 is 6.44. The summed E-state index contributed by atoms with van der Waals surface area (Å²) in [5.41, 5.74) is 0. The Bertz CT molecular complexity index is 360. The Morgan fingerprint density at radius 2 is 2.00 bits per heavy atom. The summed E-state index contributed by atoms with van der Waals surface area (Å²) in [6, 6.07) is 7.77. The molecule has 0 saturated carbocycles. The summed E-state index contributed by atoms with van der Waals surface area (Å²) in [4.78, 5) is 0. The average Bonchev–Trinajstić information content (AvgIpc) is 2.00. The molecule has 0 saturated heterocycles. The lowest BCUT2D eigenvalue weighted by atomic mass is 10.3. The first-order chi connectivity index (χ1) is 5.86. The fourth-order valence-electron chi connectivity index (χ4n) is 0.792. The van der Waals surface area contributed by atoms with Crippen LogP contribution < -0.4 is 4.74 Å². The van der Waals surface area contributed by atoms with E-state index in [0.29, 0.717) is 5.88 Å². The molecule has 1 aliphatic heterocycles. The monoisotopic (exact) mass is 272 g/mol. The van der Waals surface area contributed by atoms with Gasteiger partial charge in [-0.1, -0.05) is 12.1 Å². The lowest BCUT2D eigenvalue weighted by Gasteiger charge is -2.08. The fraction of sp³-hybridized carbons (Fsp3) is 0. The van der Waals surface area contributed by atoms with Crippen molar-refractivity contribution < 1.29 is 4.74 Å². The van der Waals surface area contributed by atoms with Gasteiger partial charge < -0.3 is 4.74 Å². The zero-order valence-corrected chi connectivity index (χ0v) is 8.22. The van der Waals surface area contributed by atoms with Crippen LogP contribution in [0.3, 0.4) is 0 Å². The molecule has 3 nitrogen and oxygen atoms in total. The van der Waals surface area contributed by atoms with E-state index in [1.165, 1.54) is 0 Å². The van der Waals surface area contributed by atoms with Crippen molar-refractivity contribution in [3.05, 3.63) is 39.9 Å². The first kappa shape index (κ1) is 7.72. The molecule has 0 radical (unpaired) electrons. The highest BCUT2D eigenvalue weighted by Gasteiger charge is 2.06. The molecule has 1 aromatic rings. The molecule has 0 N–H and O–H groups in total. The maximum absolute atomic E-state index is 5.37. The molecule has 0 fully saturated rings. The number of azo groups is 1. The highest BCUT2D eigenvalue weighted by Crippen LogP contribution is 2.23. The molecule has 4 heteroatoms. The first-order valence-electron chi connectivity index (χ1n) is 3.40. The van der Waals surface area contributed by atoms with E-state index in [9.17, 15) is 0 Å². The van der Waals surface area contributed by atoms with E-state index in [4.69, 9.17) is 4.74 Å². The maximum atomic E-state index is 5.37. The van der Waals surface area contributed by atoms with Gasteiger partial charge >= 0.3 is 0 Å². The Balaban J connectivity index is 2.17. The lowest BCUT2D eigenvalue weighted by molar-refractivity contribution is 0.395. The minimum absolute atomic E-state index is 0.569. The van der Waals surface area contributed by atoms with E-state index in [0.717, 1.165) is 9.32 Å². The molecule has 2 rings (SSSR count). The molecule has 0 spiro atoms. The minimum Gasteiger partial charge on any atom is -0.435 e. The van der Waals surface area contributed by atoms with Gasteiger partial charge in [0, 0.05) is 0 Å². The number of nitrogens with zero attached hydrogens (tertiary/aromatic N) is 2. The molecule has 0 aromatic heterocycles. The Labute approximate surface area is 83.3 Å². The van der Waals surface area contributed by atoms with Crippen LogP contribution in [-0.4, -0.2) is 0 Å². The van der Waals surface area contributed by atoms with E-state index in [-0.39, 0.29) is 0 Å². The van der Waals surface area contributed by atoms with Crippen molar-refractivity contribution in [2.45, 2.75) is 0 Å². The van der Waals surface area contributed by atoms with Gasteiger partial charge in [0.15, 0.2) is 0 Å². The van der Waals surface area contributed by atoms with Crippen molar-refractivity contribution >= 4 is 22.6 Å². The lowest BCUT2D eigenvalue weighted by Crippen LogP contribution is -1.96. The summed E-state index contributed by atoms with van der Waals surface area (Å²) in [5, 5.41) is 7.23. The van der Waals surface area contributed by atoms with Gasteiger partial charge in [0.2, 0.25) is 0 Å². The third-order valence-electron chi connectivity index (χ3n) is 1.38. The number of para-hydroxylation sites is 1. The largest absolute Gasteiger partial charge is 0.435 e. The molecule has 0 aliphatic carbocycles. The van der Waals surface area contributed by atoms with Crippen LogP contribution in [0, 0.1) is 3.57 Å². The van der Waals surface area contributed by atoms with Gasteiger partial charge in [-0.25, -0.2) is 0 Å². The Kier molecular flexibility index (Phi) is 2.07. The fourth-order valence-corrected chi connectivity index (χ4v) is 1.29. The topological polar surface area (TPSA) is 34.0 Å². The molecule has 0 bridgehead atoms. The van der Waals surface area contributed by atoms with Crippen molar-refractivity contribution in [2.24, 2.45) is 10.2 Å². The maximum Gasteiger partial charge on any atom is 0.259 e. The Hall–Kier alpha value is -0.910. The smallest absolute Gasteiger partial charge is 0.259 e. The van der Waals surface area contributed by atoms with Crippen LogP contribution in [0.1, 0.15) is 0 Å². The molecule has 60 valence electrons. The predicted octanol–water partition coefficient (Wildman–Crippen LogP) is 2.93. The third kappa shape index (κ3) is 1.47. The average molecular weight is 272 g/mol. The second-order valence-electron chi connectivity index (χ2n) is 2.22. The molecule has 0 atom stereocenters. The van der Waals surface area contributed by atoms with E-state index < -0.39 is 0 Å². The summed E-state index contributed by atoms with van der Waals surface area (Å²) in [7, 11) is 0. The normalized spacial score (nSPS) is 13.6. The van der Waals surface area contributed by atoms with E-state index in [1.54, 1.807) is 6.20 Å². The second kappa shape index (κ2) is 3.22. The Morgan fingerprint density at radius 3 is 2.58 bits per heavy atom. The van der Waals surface area contributed by atoms with Crippen molar-refractivity contribution in [3.63, 3.8) is 0 Å². The molecule has 1 heterocycles. The first-order valence-corrected chi connectivity index (χ1v) is 4.47. The van der Waals surface area contributed by atoms with E-state index in [2.05, 4.69) is 32.8 Å². The molecule has 0 amide bonds. The van der Waals surface area contributed by atoms with Gasteiger partial charge in [-0.3, -0.25) is 0 Å².